The molecule has 1 atom stereocenters. The number of pyridine rings is 1. The van der Waals surface area contributed by atoms with E-state index >= 15 is 0 Å². The van der Waals surface area contributed by atoms with Crippen LogP contribution >= 0.6 is 11.8 Å². The normalized spacial score (nSPS) is 12.5. The minimum Gasteiger partial charge on any atom is -0.357 e. The monoisotopic (exact) mass is 267 g/mol. The maximum atomic E-state index is 4.70. The Hall–Kier alpha value is -0.740. The molecule has 102 valence electrons. The van der Waals surface area contributed by atoms with E-state index < -0.39 is 0 Å². The summed E-state index contributed by atoms with van der Waals surface area (Å²) in [7, 11) is 4.09. The van der Waals surface area contributed by atoms with Crippen LogP contribution in [0.2, 0.25) is 0 Å². The fourth-order valence-corrected chi connectivity index (χ4v) is 2.44. The predicted octanol–water partition coefficient (Wildman–Crippen LogP) is 2.69. The highest BCUT2D eigenvalue weighted by Gasteiger charge is 2.11. The zero-order valence-electron chi connectivity index (χ0n) is 12.2. The molecule has 0 fully saturated rings. The number of aromatic nitrogens is 1. The van der Waals surface area contributed by atoms with Crippen molar-refractivity contribution in [3.05, 3.63) is 23.4 Å². The van der Waals surface area contributed by atoms with Crippen molar-refractivity contribution >= 4 is 17.6 Å². The van der Waals surface area contributed by atoms with Crippen LogP contribution in [0.4, 0.5) is 5.82 Å². The molecule has 0 aliphatic heterocycles. The van der Waals surface area contributed by atoms with E-state index in [0.717, 1.165) is 18.1 Å². The molecule has 0 radical (unpaired) electrons. The van der Waals surface area contributed by atoms with E-state index in [1.54, 1.807) is 0 Å². The van der Waals surface area contributed by atoms with Gasteiger partial charge in [-0.3, -0.25) is 0 Å². The molecule has 18 heavy (non-hydrogen) atoms. The number of nitrogens with zero attached hydrogens (tertiary/aromatic N) is 2. The summed E-state index contributed by atoms with van der Waals surface area (Å²) in [6, 6.07) is 4.82. The summed E-state index contributed by atoms with van der Waals surface area (Å²) in [5.74, 6) is 2.27. The van der Waals surface area contributed by atoms with E-state index in [4.69, 9.17) is 4.98 Å². The minimum atomic E-state index is 0.527. The molecular weight excluding hydrogens is 242 g/mol. The zero-order chi connectivity index (χ0) is 13.5. The second kappa shape index (κ2) is 7.64. The van der Waals surface area contributed by atoms with Crippen LogP contribution in [0.1, 0.15) is 24.6 Å². The first-order valence-electron chi connectivity index (χ1n) is 6.43. The summed E-state index contributed by atoms with van der Waals surface area (Å²) in [4.78, 5) is 6.97. The van der Waals surface area contributed by atoms with Gasteiger partial charge in [-0.25, -0.2) is 4.98 Å². The number of rotatable bonds is 7. The van der Waals surface area contributed by atoms with Gasteiger partial charge in [-0.05, 0) is 51.0 Å². The zero-order valence-corrected chi connectivity index (χ0v) is 13.0. The van der Waals surface area contributed by atoms with E-state index in [2.05, 4.69) is 49.5 Å². The standard InChI is InChI=1S/C14H25N3S/c1-11(8-9-18-5)17(4)14-7-6-13(10-15-3)12(2)16-14/h6-7,11,15H,8-10H2,1-5H3. The van der Waals surface area contributed by atoms with Crippen molar-refractivity contribution in [1.29, 1.82) is 0 Å². The summed E-state index contributed by atoms with van der Waals surface area (Å²) < 4.78 is 0. The molecular formula is C14H25N3S. The second-order valence-corrected chi connectivity index (χ2v) is 5.67. The summed E-state index contributed by atoms with van der Waals surface area (Å²) >= 11 is 1.90. The Morgan fingerprint density at radius 3 is 2.72 bits per heavy atom. The van der Waals surface area contributed by atoms with Crippen molar-refractivity contribution in [1.82, 2.24) is 10.3 Å². The van der Waals surface area contributed by atoms with E-state index in [1.165, 1.54) is 17.7 Å². The quantitative estimate of drug-likeness (QED) is 0.822. The van der Waals surface area contributed by atoms with Gasteiger partial charge in [0.25, 0.3) is 0 Å². The first kappa shape index (κ1) is 15.3. The Labute approximate surface area is 115 Å². The molecule has 1 N–H and O–H groups in total. The highest BCUT2D eigenvalue weighted by atomic mass is 32.2. The van der Waals surface area contributed by atoms with Gasteiger partial charge in [-0.1, -0.05) is 6.07 Å². The largest absolute Gasteiger partial charge is 0.357 e. The molecule has 0 aliphatic carbocycles. The van der Waals surface area contributed by atoms with Gasteiger partial charge in [-0.15, -0.1) is 0 Å². The van der Waals surface area contributed by atoms with Crippen LogP contribution < -0.4 is 10.2 Å². The molecule has 1 unspecified atom stereocenters. The number of hydrogen-bond acceptors (Lipinski definition) is 4. The summed E-state index contributed by atoms with van der Waals surface area (Å²) in [5, 5.41) is 3.17. The Balaban J connectivity index is 2.74. The molecule has 0 amide bonds. The first-order chi connectivity index (χ1) is 8.60. The number of hydrogen-bond donors (Lipinski definition) is 1. The molecule has 0 saturated heterocycles. The first-order valence-corrected chi connectivity index (χ1v) is 7.82. The van der Waals surface area contributed by atoms with Crippen LogP contribution in [0.3, 0.4) is 0 Å². The Morgan fingerprint density at radius 1 is 1.44 bits per heavy atom. The molecule has 1 aromatic rings. The molecule has 1 rings (SSSR count). The van der Waals surface area contributed by atoms with E-state index in [9.17, 15) is 0 Å². The number of thioether (sulfide) groups is 1. The number of anilines is 1. The molecule has 4 heteroatoms. The van der Waals surface area contributed by atoms with Crippen molar-refractivity contribution < 1.29 is 0 Å². The lowest BCUT2D eigenvalue weighted by atomic mass is 10.2. The van der Waals surface area contributed by atoms with Crippen LogP contribution in [0.5, 0.6) is 0 Å². The molecule has 1 heterocycles. The van der Waals surface area contributed by atoms with Crippen molar-refractivity contribution in [3.8, 4) is 0 Å². The smallest absolute Gasteiger partial charge is 0.128 e. The summed E-state index contributed by atoms with van der Waals surface area (Å²) in [6.45, 7) is 5.22. The van der Waals surface area contributed by atoms with E-state index in [-0.39, 0.29) is 0 Å². The van der Waals surface area contributed by atoms with Crippen molar-refractivity contribution in [2.45, 2.75) is 32.9 Å². The number of nitrogens with one attached hydrogen (secondary N) is 1. The minimum absolute atomic E-state index is 0.527. The molecule has 0 aliphatic rings. The molecule has 0 saturated carbocycles. The van der Waals surface area contributed by atoms with Gasteiger partial charge in [0.1, 0.15) is 5.82 Å². The maximum Gasteiger partial charge on any atom is 0.128 e. The average molecular weight is 267 g/mol. The van der Waals surface area contributed by atoms with Crippen molar-refractivity contribution in [2.75, 3.05) is 31.0 Å². The Kier molecular flexibility index (Phi) is 6.50. The van der Waals surface area contributed by atoms with Gasteiger partial charge in [-0.2, -0.15) is 11.8 Å². The van der Waals surface area contributed by atoms with Gasteiger partial charge < -0.3 is 10.2 Å². The van der Waals surface area contributed by atoms with Crippen molar-refractivity contribution in [3.63, 3.8) is 0 Å². The van der Waals surface area contributed by atoms with Crippen molar-refractivity contribution in [2.24, 2.45) is 0 Å². The molecule has 0 aromatic carbocycles. The maximum absolute atomic E-state index is 4.70. The highest BCUT2D eigenvalue weighted by Crippen LogP contribution is 2.17. The topological polar surface area (TPSA) is 28.2 Å². The lowest BCUT2D eigenvalue weighted by Crippen LogP contribution is -2.30. The average Bonchev–Trinajstić information content (AvgIpc) is 2.37. The van der Waals surface area contributed by atoms with Crippen LogP contribution in [-0.4, -0.2) is 37.1 Å². The van der Waals surface area contributed by atoms with Gasteiger partial charge in [0, 0.05) is 25.3 Å². The van der Waals surface area contributed by atoms with Crippen LogP contribution in [-0.2, 0) is 6.54 Å². The van der Waals surface area contributed by atoms with Crippen LogP contribution in [0.15, 0.2) is 12.1 Å². The highest BCUT2D eigenvalue weighted by molar-refractivity contribution is 7.98. The molecule has 3 nitrogen and oxygen atoms in total. The lowest BCUT2D eigenvalue weighted by Gasteiger charge is -2.26. The lowest BCUT2D eigenvalue weighted by molar-refractivity contribution is 0.660. The van der Waals surface area contributed by atoms with Gasteiger partial charge in [0.05, 0.1) is 0 Å². The fourth-order valence-electron chi connectivity index (χ4n) is 1.86. The predicted molar refractivity (Wildman–Crippen MR) is 82.6 cm³/mol. The van der Waals surface area contributed by atoms with E-state index in [1.807, 2.05) is 18.8 Å². The van der Waals surface area contributed by atoms with Crippen LogP contribution in [0, 0.1) is 6.92 Å². The summed E-state index contributed by atoms with van der Waals surface area (Å²) in [5.41, 5.74) is 2.39. The third-order valence-corrected chi connectivity index (χ3v) is 3.95. The van der Waals surface area contributed by atoms with Gasteiger partial charge in [0.15, 0.2) is 0 Å². The third-order valence-electron chi connectivity index (χ3n) is 3.31. The van der Waals surface area contributed by atoms with Gasteiger partial charge in [0.2, 0.25) is 0 Å². The fraction of sp³-hybridized carbons (Fsp3) is 0.643. The van der Waals surface area contributed by atoms with Gasteiger partial charge >= 0.3 is 0 Å². The molecule has 0 spiro atoms. The van der Waals surface area contributed by atoms with E-state index in [0.29, 0.717) is 6.04 Å². The summed E-state index contributed by atoms with van der Waals surface area (Å²) in [6.07, 6.45) is 3.35. The second-order valence-electron chi connectivity index (χ2n) is 4.69. The number of aryl methyl sites for hydroxylation is 1. The Bertz CT molecular complexity index is 368. The molecule has 0 bridgehead atoms. The Morgan fingerprint density at radius 2 is 2.17 bits per heavy atom. The molecule has 1 aromatic heterocycles. The van der Waals surface area contributed by atoms with Crippen LogP contribution in [0.25, 0.3) is 0 Å². The SMILES string of the molecule is CNCc1ccc(N(C)C(C)CCSC)nc1C. The third kappa shape index (κ3) is 4.18.